The largest absolute Gasteiger partial charge is 0.490 e. The van der Waals surface area contributed by atoms with E-state index in [2.05, 4.69) is 10.3 Å². The summed E-state index contributed by atoms with van der Waals surface area (Å²) in [5.41, 5.74) is 7.41. The van der Waals surface area contributed by atoms with Crippen molar-refractivity contribution in [3.8, 4) is 11.5 Å². The SMILES string of the molecule is I.NC(=NCc1ccc(C(F)F)cc1)Nc1ccc2c(c1)OCCCO2. The fourth-order valence-electron chi connectivity index (χ4n) is 2.37. The fourth-order valence-corrected chi connectivity index (χ4v) is 2.37. The van der Waals surface area contributed by atoms with Crippen molar-refractivity contribution in [2.24, 2.45) is 10.7 Å². The lowest BCUT2D eigenvalue weighted by Crippen LogP contribution is -2.22. The van der Waals surface area contributed by atoms with Crippen molar-refractivity contribution in [3.63, 3.8) is 0 Å². The molecular formula is C18H20F2IN3O2. The van der Waals surface area contributed by atoms with Crippen molar-refractivity contribution >= 4 is 35.6 Å². The highest BCUT2D eigenvalue weighted by Gasteiger charge is 2.11. The van der Waals surface area contributed by atoms with Crippen LogP contribution in [0, 0.1) is 0 Å². The van der Waals surface area contributed by atoms with E-state index in [1.54, 1.807) is 18.2 Å². The van der Waals surface area contributed by atoms with Crippen LogP contribution in [0.25, 0.3) is 0 Å². The zero-order valence-corrected chi connectivity index (χ0v) is 16.3. The zero-order chi connectivity index (χ0) is 17.6. The Morgan fingerprint density at radius 3 is 2.46 bits per heavy atom. The van der Waals surface area contributed by atoms with Gasteiger partial charge in [0.15, 0.2) is 17.5 Å². The van der Waals surface area contributed by atoms with Gasteiger partial charge < -0.3 is 20.5 Å². The lowest BCUT2D eigenvalue weighted by molar-refractivity contribution is 0.151. The maximum Gasteiger partial charge on any atom is 0.263 e. The first-order valence-electron chi connectivity index (χ1n) is 7.95. The summed E-state index contributed by atoms with van der Waals surface area (Å²) in [5, 5.41) is 2.98. The van der Waals surface area contributed by atoms with E-state index in [9.17, 15) is 8.78 Å². The molecule has 0 atom stereocenters. The van der Waals surface area contributed by atoms with Gasteiger partial charge in [0.1, 0.15) is 0 Å². The number of fused-ring (bicyclic) bond motifs is 1. The molecule has 3 rings (SSSR count). The van der Waals surface area contributed by atoms with Crippen molar-refractivity contribution in [1.29, 1.82) is 0 Å². The van der Waals surface area contributed by atoms with Crippen LogP contribution in [0.4, 0.5) is 14.5 Å². The third kappa shape index (κ3) is 5.45. The third-order valence-corrected chi connectivity index (χ3v) is 3.68. The molecule has 0 amide bonds. The molecule has 0 saturated carbocycles. The molecule has 0 fully saturated rings. The molecule has 26 heavy (non-hydrogen) atoms. The van der Waals surface area contributed by atoms with Crippen LogP contribution >= 0.6 is 24.0 Å². The van der Waals surface area contributed by atoms with Gasteiger partial charge >= 0.3 is 0 Å². The Balaban J connectivity index is 0.00000243. The van der Waals surface area contributed by atoms with E-state index in [0.717, 1.165) is 17.7 Å². The minimum atomic E-state index is -2.47. The molecular weight excluding hydrogens is 455 g/mol. The number of nitrogens with zero attached hydrogens (tertiary/aromatic N) is 1. The molecule has 5 nitrogen and oxygen atoms in total. The quantitative estimate of drug-likeness (QED) is 0.393. The number of nitrogens with one attached hydrogen (secondary N) is 1. The Labute approximate surface area is 167 Å². The van der Waals surface area contributed by atoms with Gasteiger partial charge in [0.2, 0.25) is 0 Å². The number of aliphatic imine (C=N–C) groups is 1. The predicted octanol–water partition coefficient (Wildman–Crippen LogP) is 4.33. The van der Waals surface area contributed by atoms with Crippen LogP contribution in [0.2, 0.25) is 0 Å². The van der Waals surface area contributed by atoms with Crippen molar-refractivity contribution in [3.05, 3.63) is 53.6 Å². The average molecular weight is 475 g/mol. The Morgan fingerprint density at radius 2 is 1.77 bits per heavy atom. The second-order valence-corrected chi connectivity index (χ2v) is 5.58. The van der Waals surface area contributed by atoms with Crippen LogP contribution in [0.1, 0.15) is 24.0 Å². The van der Waals surface area contributed by atoms with Crippen LogP contribution < -0.4 is 20.5 Å². The Morgan fingerprint density at radius 1 is 1.08 bits per heavy atom. The minimum absolute atomic E-state index is 0. The number of alkyl halides is 2. The van der Waals surface area contributed by atoms with E-state index in [1.807, 2.05) is 12.1 Å². The number of benzene rings is 2. The number of ether oxygens (including phenoxy) is 2. The van der Waals surface area contributed by atoms with Gasteiger partial charge in [0.05, 0.1) is 19.8 Å². The monoisotopic (exact) mass is 475 g/mol. The Kier molecular flexibility index (Phi) is 7.43. The molecule has 0 bridgehead atoms. The summed E-state index contributed by atoms with van der Waals surface area (Å²) < 4.78 is 36.2. The molecule has 0 aromatic heterocycles. The average Bonchev–Trinajstić information content (AvgIpc) is 2.85. The molecule has 0 aliphatic carbocycles. The number of nitrogens with two attached hydrogens (primary N) is 1. The molecule has 2 aromatic rings. The van der Waals surface area contributed by atoms with Crippen LogP contribution in [0.3, 0.4) is 0 Å². The second-order valence-electron chi connectivity index (χ2n) is 5.58. The third-order valence-electron chi connectivity index (χ3n) is 3.68. The number of rotatable bonds is 4. The molecule has 1 heterocycles. The molecule has 8 heteroatoms. The van der Waals surface area contributed by atoms with Crippen molar-refractivity contribution in [2.45, 2.75) is 19.4 Å². The van der Waals surface area contributed by atoms with E-state index in [4.69, 9.17) is 15.2 Å². The van der Waals surface area contributed by atoms with Crippen LogP contribution in [0.5, 0.6) is 11.5 Å². The highest BCUT2D eigenvalue weighted by Crippen LogP contribution is 2.32. The summed E-state index contributed by atoms with van der Waals surface area (Å²) in [5.74, 6) is 1.60. The van der Waals surface area contributed by atoms with Gasteiger partial charge in [0, 0.05) is 23.7 Å². The molecule has 1 aliphatic rings. The smallest absolute Gasteiger partial charge is 0.263 e. The molecule has 0 unspecified atom stereocenters. The Hall–Kier alpha value is -2.10. The van der Waals surface area contributed by atoms with Gasteiger partial charge in [0.25, 0.3) is 6.43 Å². The van der Waals surface area contributed by atoms with E-state index >= 15 is 0 Å². The lowest BCUT2D eigenvalue weighted by atomic mass is 10.1. The van der Waals surface area contributed by atoms with Crippen LogP contribution in [0.15, 0.2) is 47.5 Å². The van der Waals surface area contributed by atoms with Crippen molar-refractivity contribution < 1.29 is 18.3 Å². The zero-order valence-electron chi connectivity index (χ0n) is 14.0. The first-order chi connectivity index (χ1) is 12.1. The summed E-state index contributed by atoms with van der Waals surface area (Å²) in [4.78, 5) is 4.22. The predicted molar refractivity (Wildman–Crippen MR) is 108 cm³/mol. The summed E-state index contributed by atoms with van der Waals surface area (Å²) in [7, 11) is 0. The fraction of sp³-hybridized carbons (Fsp3) is 0.278. The van der Waals surface area contributed by atoms with Crippen LogP contribution in [-0.4, -0.2) is 19.2 Å². The molecule has 0 saturated heterocycles. The molecule has 0 spiro atoms. The van der Waals surface area contributed by atoms with E-state index in [0.29, 0.717) is 31.3 Å². The van der Waals surface area contributed by atoms with E-state index < -0.39 is 6.43 Å². The van der Waals surface area contributed by atoms with Gasteiger partial charge in [-0.1, -0.05) is 24.3 Å². The van der Waals surface area contributed by atoms with Crippen molar-refractivity contribution in [2.75, 3.05) is 18.5 Å². The molecule has 140 valence electrons. The topological polar surface area (TPSA) is 68.9 Å². The molecule has 0 radical (unpaired) electrons. The maximum absolute atomic E-state index is 12.5. The first-order valence-corrected chi connectivity index (χ1v) is 7.95. The Bertz CT molecular complexity index is 755. The van der Waals surface area contributed by atoms with Crippen molar-refractivity contribution in [1.82, 2.24) is 0 Å². The molecule has 1 aliphatic heterocycles. The molecule has 3 N–H and O–H groups in total. The highest BCUT2D eigenvalue weighted by molar-refractivity contribution is 14.0. The van der Waals surface area contributed by atoms with E-state index in [1.165, 1.54) is 12.1 Å². The number of anilines is 1. The first kappa shape index (κ1) is 20.2. The molecule has 2 aromatic carbocycles. The lowest BCUT2D eigenvalue weighted by Gasteiger charge is -2.10. The van der Waals surface area contributed by atoms with Gasteiger partial charge in [-0.05, 0) is 17.7 Å². The number of halogens is 3. The summed E-state index contributed by atoms with van der Waals surface area (Å²) in [6.07, 6.45) is -1.63. The summed E-state index contributed by atoms with van der Waals surface area (Å²) in [6, 6.07) is 11.5. The summed E-state index contributed by atoms with van der Waals surface area (Å²) >= 11 is 0. The highest BCUT2D eigenvalue weighted by atomic mass is 127. The number of hydrogen-bond acceptors (Lipinski definition) is 3. The maximum atomic E-state index is 12.5. The van der Waals surface area contributed by atoms with Gasteiger partial charge in [-0.2, -0.15) is 0 Å². The van der Waals surface area contributed by atoms with E-state index in [-0.39, 0.29) is 35.5 Å². The van der Waals surface area contributed by atoms with Gasteiger partial charge in [-0.3, -0.25) is 0 Å². The van der Waals surface area contributed by atoms with Gasteiger partial charge in [-0.25, -0.2) is 13.8 Å². The summed E-state index contributed by atoms with van der Waals surface area (Å²) in [6.45, 7) is 1.54. The normalized spacial score (nSPS) is 13.7. The van der Waals surface area contributed by atoms with Gasteiger partial charge in [-0.15, -0.1) is 24.0 Å². The standard InChI is InChI=1S/C18H19F2N3O2.HI/c19-17(20)13-4-2-12(3-5-13)11-22-18(21)23-14-6-7-15-16(10-14)25-9-1-8-24-15;/h2-7,10,17H,1,8-9,11H2,(H3,21,22,23);1H. The number of guanidine groups is 1. The second kappa shape index (κ2) is 9.56. The minimum Gasteiger partial charge on any atom is -0.490 e. The van der Waals surface area contributed by atoms with Crippen LogP contribution in [-0.2, 0) is 6.54 Å². The number of hydrogen-bond donors (Lipinski definition) is 2.